The molecule has 1 N–H and O–H groups in total. The van der Waals surface area contributed by atoms with Gasteiger partial charge in [-0.25, -0.2) is 0 Å². The quantitative estimate of drug-likeness (QED) is 0.517. The van der Waals surface area contributed by atoms with Gasteiger partial charge in [-0.1, -0.05) is 18.2 Å². The molecule has 1 aromatic heterocycles. The fourth-order valence-electron chi connectivity index (χ4n) is 4.16. The van der Waals surface area contributed by atoms with Crippen LogP contribution in [0.1, 0.15) is 23.7 Å². The van der Waals surface area contributed by atoms with Gasteiger partial charge in [-0.05, 0) is 42.7 Å². The van der Waals surface area contributed by atoms with Crippen LogP contribution in [0.2, 0.25) is 0 Å². The summed E-state index contributed by atoms with van der Waals surface area (Å²) in [5.41, 5.74) is 1.35. The smallest absolute Gasteiger partial charge is 0.414 e. The van der Waals surface area contributed by atoms with Crippen LogP contribution >= 0.6 is 11.8 Å². The van der Waals surface area contributed by atoms with E-state index < -0.39 is 18.1 Å². The number of ether oxygens (including phenoxy) is 2. The number of methoxy groups -OCH3 is 2. The van der Waals surface area contributed by atoms with Crippen molar-refractivity contribution in [3.8, 4) is 11.5 Å². The standard InChI is InChI=1S/C23H23F3N2O3S/c1-30-14-9-10-18(31-2)19(12-14)32-13-20(29)28-11-5-7-16-15-6-3-4-8-17(15)27-21(16)22(28)23(24,25)26/h3-4,6,8-10,12,22,27H,5,7,11,13H2,1-2H3. The van der Waals surface area contributed by atoms with Crippen molar-refractivity contribution in [2.24, 2.45) is 0 Å². The maximum Gasteiger partial charge on any atom is 0.414 e. The molecule has 170 valence electrons. The summed E-state index contributed by atoms with van der Waals surface area (Å²) >= 11 is 1.13. The van der Waals surface area contributed by atoms with E-state index in [1.54, 1.807) is 30.3 Å². The molecule has 1 aliphatic heterocycles. The Morgan fingerprint density at radius 2 is 1.97 bits per heavy atom. The normalized spacial score (nSPS) is 16.5. The van der Waals surface area contributed by atoms with Gasteiger partial charge in [0.2, 0.25) is 5.91 Å². The molecule has 0 aliphatic carbocycles. The summed E-state index contributed by atoms with van der Waals surface area (Å²) in [6, 6.07) is 10.3. The number of nitrogens with one attached hydrogen (secondary N) is 1. The molecule has 1 amide bonds. The molecule has 0 fully saturated rings. The van der Waals surface area contributed by atoms with E-state index in [-0.39, 0.29) is 18.0 Å². The fraction of sp³-hybridized carbons (Fsp3) is 0.348. The van der Waals surface area contributed by atoms with Crippen molar-refractivity contribution in [1.29, 1.82) is 0 Å². The predicted octanol–water partition coefficient (Wildman–Crippen LogP) is 5.36. The van der Waals surface area contributed by atoms with Gasteiger partial charge in [-0.3, -0.25) is 4.79 Å². The molecule has 1 atom stereocenters. The van der Waals surface area contributed by atoms with Crippen LogP contribution in [-0.4, -0.2) is 48.5 Å². The summed E-state index contributed by atoms with van der Waals surface area (Å²) in [7, 11) is 3.02. The van der Waals surface area contributed by atoms with E-state index in [4.69, 9.17) is 9.47 Å². The van der Waals surface area contributed by atoms with Crippen molar-refractivity contribution in [2.45, 2.75) is 30.0 Å². The average molecular weight is 465 g/mol. The number of hydrogen-bond donors (Lipinski definition) is 1. The number of thioether (sulfide) groups is 1. The lowest BCUT2D eigenvalue weighted by molar-refractivity contribution is -0.191. The lowest BCUT2D eigenvalue weighted by Crippen LogP contribution is -2.43. The maximum atomic E-state index is 14.3. The highest BCUT2D eigenvalue weighted by molar-refractivity contribution is 8.00. The minimum Gasteiger partial charge on any atom is -0.497 e. The lowest BCUT2D eigenvalue weighted by Gasteiger charge is -2.31. The number of hydrogen-bond acceptors (Lipinski definition) is 4. The van der Waals surface area contributed by atoms with Gasteiger partial charge < -0.3 is 19.4 Å². The van der Waals surface area contributed by atoms with Crippen LogP contribution in [0.3, 0.4) is 0 Å². The van der Waals surface area contributed by atoms with E-state index in [0.717, 1.165) is 22.0 Å². The molecule has 0 spiro atoms. The molecule has 0 bridgehead atoms. The van der Waals surface area contributed by atoms with Gasteiger partial charge in [0.05, 0.1) is 30.6 Å². The molecule has 0 saturated carbocycles. The first kappa shape index (κ1) is 22.4. The van der Waals surface area contributed by atoms with Crippen LogP contribution in [0.25, 0.3) is 10.9 Å². The number of rotatable bonds is 5. The van der Waals surface area contributed by atoms with Crippen LogP contribution in [0.4, 0.5) is 13.2 Å². The number of aromatic amines is 1. The van der Waals surface area contributed by atoms with Gasteiger partial charge >= 0.3 is 6.18 Å². The highest BCUT2D eigenvalue weighted by Gasteiger charge is 2.49. The number of aromatic nitrogens is 1. The van der Waals surface area contributed by atoms with Crippen LogP contribution in [0.15, 0.2) is 47.4 Å². The molecule has 1 aliphatic rings. The highest BCUT2D eigenvalue weighted by atomic mass is 32.2. The van der Waals surface area contributed by atoms with E-state index in [1.165, 1.54) is 14.2 Å². The number of amides is 1. The van der Waals surface area contributed by atoms with E-state index in [1.807, 2.05) is 12.1 Å². The molecule has 2 heterocycles. The molecule has 4 rings (SSSR count). The Kier molecular flexibility index (Phi) is 6.28. The van der Waals surface area contributed by atoms with Gasteiger partial charge in [-0.2, -0.15) is 13.2 Å². The molecule has 0 radical (unpaired) electrons. The average Bonchev–Trinajstić information content (AvgIpc) is 3.01. The van der Waals surface area contributed by atoms with Gasteiger partial charge in [0.25, 0.3) is 0 Å². The van der Waals surface area contributed by atoms with E-state index in [9.17, 15) is 18.0 Å². The summed E-state index contributed by atoms with van der Waals surface area (Å²) < 4.78 is 53.3. The van der Waals surface area contributed by atoms with E-state index in [2.05, 4.69) is 4.98 Å². The van der Waals surface area contributed by atoms with Crippen molar-refractivity contribution in [1.82, 2.24) is 9.88 Å². The third-order valence-corrected chi connectivity index (χ3v) is 6.63. The third kappa shape index (κ3) is 4.26. The van der Waals surface area contributed by atoms with Crippen LogP contribution in [0, 0.1) is 0 Å². The Balaban J connectivity index is 1.64. The number of aryl methyl sites for hydroxylation is 1. The van der Waals surface area contributed by atoms with Crippen molar-refractivity contribution in [3.63, 3.8) is 0 Å². The predicted molar refractivity (Wildman–Crippen MR) is 117 cm³/mol. The molecule has 32 heavy (non-hydrogen) atoms. The molecule has 2 aromatic carbocycles. The molecular weight excluding hydrogens is 441 g/mol. The Morgan fingerprint density at radius 1 is 1.19 bits per heavy atom. The second-order valence-corrected chi connectivity index (χ2v) is 8.52. The number of para-hydroxylation sites is 1. The summed E-state index contributed by atoms with van der Waals surface area (Å²) in [4.78, 5) is 17.6. The number of fused-ring (bicyclic) bond motifs is 3. The zero-order valence-corrected chi connectivity index (χ0v) is 18.5. The first-order valence-electron chi connectivity index (χ1n) is 10.1. The number of alkyl halides is 3. The van der Waals surface area contributed by atoms with Crippen LogP contribution in [0.5, 0.6) is 11.5 Å². The Hall–Kier alpha value is -2.81. The summed E-state index contributed by atoms with van der Waals surface area (Å²) in [5, 5.41) is 0.779. The zero-order valence-electron chi connectivity index (χ0n) is 17.7. The summed E-state index contributed by atoms with van der Waals surface area (Å²) in [6.07, 6.45) is -3.67. The van der Waals surface area contributed by atoms with Crippen LogP contribution < -0.4 is 9.47 Å². The maximum absolute atomic E-state index is 14.3. The van der Waals surface area contributed by atoms with Gasteiger partial charge in [0, 0.05) is 17.4 Å². The molecule has 1 unspecified atom stereocenters. The summed E-state index contributed by atoms with van der Waals surface area (Å²) in [6.45, 7) is 0.0374. The number of halogens is 3. The summed E-state index contributed by atoms with van der Waals surface area (Å²) in [5.74, 6) is 0.385. The lowest BCUT2D eigenvalue weighted by atomic mass is 10.0. The van der Waals surface area contributed by atoms with Crippen molar-refractivity contribution in [2.75, 3.05) is 26.5 Å². The van der Waals surface area contributed by atoms with Crippen molar-refractivity contribution >= 4 is 28.6 Å². The third-order valence-electron chi connectivity index (χ3n) is 5.61. The first-order chi connectivity index (χ1) is 15.3. The first-order valence-corrected chi connectivity index (χ1v) is 11.1. The zero-order chi connectivity index (χ0) is 22.9. The van der Waals surface area contributed by atoms with E-state index in [0.29, 0.717) is 40.3 Å². The second kappa shape index (κ2) is 8.97. The Morgan fingerprint density at radius 3 is 2.69 bits per heavy atom. The minimum absolute atomic E-state index is 0.0374. The van der Waals surface area contributed by atoms with E-state index >= 15 is 0 Å². The number of carbonyl (C=O) groups excluding carboxylic acids is 1. The van der Waals surface area contributed by atoms with Gasteiger partial charge in [0.1, 0.15) is 11.5 Å². The second-order valence-electron chi connectivity index (χ2n) is 7.50. The van der Waals surface area contributed by atoms with Gasteiger partial charge in [0.15, 0.2) is 6.04 Å². The molecule has 0 saturated heterocycles. The molecule has 5 nitrogen and oxygen atoms in total. The molecular formula is C23H23F3N2O3S. The number of carbonyl (C=O) groups is 1. The monoisotopic (exact) mass is 464 g/mol. The molecule has 3 aromatic rings. The highest BCUT2D eigenvalue weighted by Crippen LogP contribution is 2.43. The van der Waals surface area contributed by atoms with Crippen molar-refractivity contribution in [3.05, 3.63) is 53.7 Å². The topological polar surface area (TPSA) is 54.6 Å². The molecule has 9 heteroatoms. The SMILES string of the molecule is COc1ccc(OC)c(SCC(=O)N2CCCc3c([nH]c4ccccc34)C2C(F)(F)F)c1. The largest absolute Gasteiger partial charge is 0.497 e. The Bertz CT molecular complexity index is 1130. The van der Waals surface area contributed by atoms with Gasteiger partial charge in [-0.15, -0.1) is 11.8 Å². The van der Waals surface area contributed by atoms with Crippen molar-refractivity contribution < 1.29 is 27.4 Å². The minimum atomic E-state index is -4.60. The number of benzene rings is 2. The number of nitrogens with zero attached hydrogens (tertiary/aromatic N) is 1. The fourth-order valence-corrected chi connectivity index (χ4v) is 5.10. The van der Waals surface area contributed by atoms with Crippen LogP contribution in [-0.2, 0) is 11.2 Å². The number of H-pyrrole nitrogens is 1. The Labute approximate surface area is 187 Å².